The molecule has 0 aliphatic carbocycles. The van der Waals surface area contributed by atoms with E-state index < -0.39 is 6.09 Å². The molecule has 3 aromatic rings. The van der Waals surface area contributed by atoms with Gasteiger partial charge in [-0.15, -0.1) is 5.10 Å². The number of nitrogens with one attached hydrogen (secondary N) is 1. The Morgan fingerprint density at radius 1 is 1.18 bits per heavy atom. The lowest BCUT2D eigenvalue weighted by atomic mass is 10.2. The highest BCUT2D eigenvalue weighted by Gasteiger charge is 2.10. The van der Waals surface area contributed by atoms with Gasteiger partial charge in [0.2, 0.25) is 5.88 Å². The number of ether oxygens (including phenoxy) is 4. The maximum atomic E-state index is 11.6. The van der Waals surface area contributed by atoms with Crippen LogP contribution in [0.5, 0.6) is 17.4 Å². The van der Waals surface area contributed by atoms with Crippen LogP contribution in [0.25, 0.3) is 5.65 Å². The third-order valence-corrected chi connectivity index (χ3v) is 3.83. The fourth-order valence-electron chi connectivity index (χ4n) is 2.48. The predicted octanol–water partition coefficient (Wildman–Crippen LogP) is 3.28. The molecule has 1 N–H and O–H groups in total. The zero-order valence-corrected chi connectivity index (χ0v) is 16.0. The third kappa shape index (κ3) is 4.61. The molecule has 9 heteroatoms. The second-order valence-electron chi connectivity index (χ2n) is 5.83. The van der Waals surface area contributed by atoms with Gasteiger partial charge in [0, 0.05) is 11.6 Å². The number of hydrogen-bond donors (Lipinski definition) is 1. The second kappa shape index (κ2) is 8.94. The van der Waals surface area contributed by atoms with E-state index in [1.165, 1.54) is 4.52 Å². The van der Waals surface area contributed by atoms with E-state index in [9.17, 15) is 4.79 Å². The summed E-state index contributed by atoms with van der Waals surface area (Å²) in [7, 11) is 3.20. The van der Waals surface area contributed by atoms with Gasteiger partial charge in [0.05, 0.1) is 27.0 Å². The van der Waals surface area contributed by atoms with E-state index in [2.05, 4.69) is 15.4 Å². The smallest absolute Gasteiger partial charge is 0.412 e. The molecule has 3 rings (SSSR count). The topological polar surface area (TPSA) is 96.2 Å². The summed E-state index contributed by atoms with van der Waals surface area (Å²) in [4.78, 5) is 15.9. The van der Waals surface area contributed by atoms with Crippen molar-refractivity contribution in [2.45, 2.75) is 20.0 Å². The van der Waals surface area contributed by atoms with Gasteiger partial charge in [-0.05, 0) is 30.7 Å². The molecule has 2 aromatic heterocycles. The molecular formula is C19H22N4O5. The zero-order chi connectivity index (χ0) is 19.9. The van der Waals surface area contributed by atoms with Crippen molar-refractivity contribution in [1.82, 2.24) is 14.6 Å². The van der Waals surface area contributed by atoms with Crippen LogP contribution in [0.2, 0.25) is 0 Å². The van der Waals surface area contributed by atoms with Crippen LogP contribution in [0.4, 0.5) is 10.6 Å². The SMILES string of the molecule is CCCOC(=O)Nc1cn2nc(OCc3cc(OC)ccc3OC)ccc2n1. The molecule has 1 aromatic carbocycles. The summed E-state index contributed by atoms with van der Waals surface area (Å²) in [6.07, 6.45) is 1.78. The van der Waals surface area contributed by atoms with Crippen molar-refractivity contribution in [3.63, 3.8) is 0 Å². The Hall–Kier alpha value is -3.49. The summed E-state index contributed by atoms with van der Waals surface area (Å²) in [6, 6.07) is 8.93. The first-order valence-electron chi connectivity index (χ1n) is 8.77. The standard InChI is InChI=1S/C19H22N4O5/c1-4-9-27-19(24)21-16-11-23-17(20-16)7-8-18(22-23)28-12-13-10-14(25-2)5-6-15(13)26-3/h5-8,10-11H,4,9,12H2,1-3H3,(H,21,24). The first-order chi connectivity index (χ1) is 13.6. The molecule has 0 atom stereocenters. The Morgan fingerprint density at radius 2 is 2.04 bits per heavy atom. The molecular weight excluding hydrogens is 364 g/mol. The summed E-state index contributed by atoms with van der Waals surface area (Å²) in [5, 5.41) is 6.91. The Kier molecular flexibility index (Phi) is 6.15. The zero-order valence-electron chi connectivity index (χ0n) is 16.0. The van der Waals surface area contributed by atoms with Gasteiger partial charge in [0.15, 0.2) is 11.5 Å². The van der Waals surface area contributed by atoms with Crippen LogP contribution in [0.3, 0.4) is 0 Å². The lowest BCUT2D eigenvalue weighted by Crippen LogP contribution is -2.14. The first kappa shape index (κ1) is 19.3. The molecule has 0 aliphatic heterocycles. The number of imidazole rings is 1. The minimum absolute atomic E-state index is 0.252. The number of aromatic nitrogens is 3. The molecule has 0 spiro atoms. The number of benzene rings is 1. The van der Waals surface area contributed by atoms with E-state index in [0.29, 0.717) is 35.5 Å². The second-order valence-corrected chi connectivity index (χ2v) is 5.83. The van der Waals surface area contributed by atoms with Crippen molar-refractivity contribution in [2.24, 2.45) is 0 Å². The van der Waals surface area contributed by atoms with Crippen LogP contribution in [0.15, 0.2) is 36.5 Å². The van der Waals surface area contributed by atoms with Crippen LogP contribution < -0.4 is 19.5 Å². The van der Waals surface area contributed by atoms with Crippen molar-refractivity contribution in [1.29, 1.82) is 0 Å². The number of hydrogen-bond acceptors (Lipinski definition) is 7. The molecule has 0 saturated carbocycles. The normalized spacial score (nSPS) is 10.5. The third-order valence-electron chi connectivity index (χ3n) is 3.83. The van der Waals surface area contributed by atoms with Crippen LogP contribution in [0.1, 0.15) is 18.9 Å². The minimum atomic E-state index is -0.549. The first-order valence-corrected chi connectivity index (χ1v) is 8.77. The van der Waals surface area contributed by atoms with Crippen LogP contribution >= 0.6 is 0 Å². The van der Waals surface area contributed by atoms with E-state index in [1.807, 2.05) is 25.1 Å². The highest BCUT2D eigenvalue weighted by molar-refractivity contribution is 5.83. The average molecular weight is 386 g/mol. The molecule has 0 unspecified atom stereocenters. The highest BCUT2D eigenvalue weighted by Crippen LogP contribution is 2.25. The number of nitrogens with zero attached hydrogens (tertiary/aromatic N) is 3. The lowest BCUT2D eigenvalue weighted by Gasteiger charge is -2.11. The number of rotatable bonds is 8. The summed E-state index contributed by atoms with van der Waals surface area (Å²) >= 11 is 0. The Morgan fingerprint density at radius 3 is 2.79 bits per heavy atom. The average Bonchev–Trinajstić information content (AvgIpc) is 3.11. The van der Waals surface area contributed by atoms with Gasteiger partial charge in [-0.3, -0.25) is 5.32 Å². The van der Waals surface area contributed by atoms with E-state index in [1.54, 1.807) is 32.5 Å². The Labute approximate surface area is 162 Å². The molecule has 0 aliphatic rings. The maximum Gasteiger partial charge on any atom is 0.412 e. The quantitative estimate of drug-likeness (QED) is 0.634. The monoisotopic (exact) mass is 386 g/mol. The van der Waals surface area contributed by atoms with Gasteiger partial charge < -0.3 is 18.9 Å². The molecule has 0 radical (unpaired) electrons. The fraction of sp³-hybridized carbons (Fsp3) is 0.316. The summed E-state index contributed by atoms with van der Waals surface area (Å²) < 4.78 is 22.9. The van der Waals surface area contributed by atoms with Gasteiger partial charge in [-0.1, -0.05) is 6.92 Å². The van der Waals surface area contributed by atoms with E-state index in [4.69, 9.17) is 18.9 Å². The summed E-state index contributed by atoms with van der Waals surface area (Å²) in [5.74, 6) is 2.15. The molecule has 0 saturated heterocycles. The number of methoxy groups -OCH3 is 2. The predicted molar refractivity (Wildman–Crippen MR) is 102 cm³/mol. The van der Waals surface area contributed by atoms with E-state index >= 15 is 0 Å². The molecule has 28 heavy (non-hydrogen) atoms. The lowest BCUT2D eigenvalue weighted by molar-refractivity contribution is 0.161. The van der Waals surface area contributed by atoms with Crippen LogP contribution in [0, 0.1) is 0 Å². The molecule has 1 amide bonds. The van der Waals surface area contributed by atoms with Crippen molar-refractivity contribution in [3.8, 4) is 17.4 Å². The summed E-state index contributed by atoms with van der Waals surface area (Å²) in [6.45, 7) is 2.52. The van der Waals surface area contributed by atoms with Gasteiger partial charge >= 0.3 is 6.09 Å². The number of carbonyl (C=O) groups excluding carboxylic acids is 1. The minimum Gasteiger partial charge on any atom is -0.497 e. The van der Waals surface area contributed by atoms with E-state index in [-0.39, 0.29) is 6.61 Å². The maximum absolute atomic E-state index is 11.6. The van der Waals surface area contributed by atoms with Crippen LogP contribution in [-0.2, 0) is 11.3 Å². The number of carbonyl (C=O) groups is 1. The van der Waals surface area contributed by atoms with Crippen LogP contribution in [-0.4, -0.2) is 41.5 Å². The number of anilines is 1. The Balaban J connectivity index is 1.70. The van der Waals surface area contributed by atoms with Crippen molar-refractivity contribution < 1.29 is 23.7 Å². The summed E-state index contributed by atoms with van der Waals surface area (Å²) in [5.41, 5.74) is 1.40. The van der Waals surface area contributed by atoms with Gasteiger partial charge in [0.1, 0.15) is 18.1 Å². The molecule has 0 fully saturated rings. The van der Waals surface area contributed by atoms with Gasteiger partial charge in [-0.2, -0.15) is 0 Å². The molecule has 9 nitrogen and oxygen atoms in total. The van der Waals surface area contributed by atoms with Gasteiger partial charge in [-0.25, -0.2) is 14.3 Å². The van der Waals surface area contributed by atoms with Crippen molar-refractivity contribution in [2.75, 3.05) is 26.1 Å². The molecule has 148 valence electrons. The largest absolute Gasteiger partial charge is 0.497 e. The Bertz CT molecular complexity index is 957. The van der Waals surface area contributed by atoms with Gasteiger partial charge in [0.25, 0.3) is 0 Å². The number of fused-ring (bicyclic) bond motifs is 1. The fourth-order valence-corrected chi connectivity index (χ4v) is 2.48. The van der Waals surface area contributed by atoms with E-state index in [0.717, 1.165) is 12.0 Å². The number of amides is 1. The van der Waals surface area contributed by atoms with Crippen molar-refractivity contribution in [3.05, 3.63) is 42.1 Å². The molecule has 2 heterocycles. The molecule has 0 bridgehead atoms. The van der Waals surface area contributed by atoms with Crippen molar-refractivity contribution >= 4 is 17.6 Å². The highest BCUT2D eigenvalue weighted by atomic mass is 16.5.